The lowest BCUT2D eigenvalue weighted by atomic mass is 10.1. The number of fused-ring (bicyclic) bond motifs is 2. The number of ether oxygens (including phenoxy) is 1. The molecule has 3 N–H and O–H groups in total. The quantitative estimate of drug-likeness (QED) is 0.191. The number of anilines is 3. The van der Waals surface area contributed by atoms with Crippen molar-refractivity contribution in [1.82, 2.24) is 19.5 Å². The van der Waals surface area contributed by atoms with E-state index in [4.69, 9.17) is 24.3 Å². The average Bonchev–Trinajstić information content (AvgIpc) is 3.49. The van der Waals surface area contributed by atoms with Gasteiger partial charge in [0, 0.05) is 12.1 Å². The van der Waals surface area contributed by atoms with Crippen LogP contribution in [-0.4, -0.2) is 55.0 Å². The van der Waals surface area contributed by atoms with Gasteiger partial charge in [0.15, 0.2) is 33.6 Å². The van der Waals surface area contributed by atoms with E-state index in [1.165, 1.54) is 5.39 Å². The van der Waals surface area contributed by atoms with Gasteiger partial charge in [0.05, 0.1) is 19.0 Å². The van der Waals surface area contributed by atoms with Crippen molar-refractivity contribution in [3.63, 3.8) is 0 Å². The van der Waals surface area contributed by atoms with Gasteiger partial charge in [0.2, 0.25) is 5.95 Å². The normalized spacial score (nSPS) is 20.3. The molecule has 11 heteroatoms. The number of aromatic nitrogens is 4. The van der Waals surface area contributed by atoms with Crippen molar-refractivity contribution >= 4 is 56.0 Å². The van der Waals surface area contributed by atoms with Crippen LogP contribution in [0.25, 0.3) is 21.9 Å². The van der Waals surface area contributed by atoms with Crippen LogP contribution in [0.4, 0.5) is 17.5 Å². The average molecular weight is 621 g/mol. The van der Waals surface area contributed by atoms with Gasteiger partial charge < -0.3 is 24.6 Å². The van der Waals surface area contributed by atoms with E-state index in [0.717, 1.165) is 11.1 Å². The number of rotatable bonds is 8. The summed E-state index contributed by atoms with van der Waals surface area (Å²) >= 11 is 0. The minimum absolute atomic E-state index is 0.0721. The van der Waals surface area contributed by atoms with E-state index in [2.05, 4.69) is 107 Å². The Balaban J connectivity index is 1.44. The predicted octanol–water partition coefficient (Wildman–Crippen LogP) is 8.01. The molecule has 2 aromatic heterocycles. The highest BCUT2D eigenvalue weighted by atomic mass is 28.4. The van der Waals surface area contributed by atoms with Gasteiger partial charge in [-0.05, 0) is 59.2 Å². The Bertz CT molecular complexity index is 1610. The van der Waals surface area contributed by atoms with Crippen molar-refractivity contribution in [2.45, 2.75) is 103 Å². The summed E-state index contributed by atoms with van der Waals surface area (Å²) in [4.78, 5) is 13.8. The van der Waals surface area contributed by atoms with Crippen LogP contribution in [0.5, 0.6) is 0 Å². The van der Waals surface area contributed by atoms with Crippen molar-refractivity contribution < 1.29 is 13.6 Å². The molecular formula is C32H48N6O3Si2. The third-order valence-electron chi connectivity index (χ3n) is 9.61. The summed E-state index contributed by atoms with van der Waals surface area (Å²) in [6.45, 7) is 23.2. The van der Waals surface area contributed by atoms with Crippen molar-refractivity contribution in [2.24, 2.45) is 0 Å². The molecule has 1 aliphatic heterocycles. The van der Waals surface area contributed by atoms with E-state index >= 15 is 0 Å². The van der Waals surface area contributed by atoms with E-state index in [1.807, 2.05) is 22.8 Å². The molecule has 43 heavy (non-hydrogen) atoms. The van der Waals surface area contributed by atoms with E-state index in [0.29, 0.717) is 30.0 Å². The minimum atomic E-state index is -2.08. The second-order valence-corrected chi connectivity index (χ2v) is 24.4. The zero-order valence-electron chi connectivity index (χ0n) is 27.4. The molecule has 0 unspecified atom stereocenters. The summed E-state index contributed by atoms with van der Waals surface area (Å²) in [5, 5.41) is 5.90. The molecule has 232 valence electrons. The number of nitrogens with one attached hydrogen (secondary N) is 1. The third-order valence-corrected chi connectivity index (χ3v) is 18.6. The maximum atomic E-state index is 6.97. The number of nitrogen functional groups attached to an aromatic ring is 1. The third kappa shape index (κ3) is 6.51. The van der Waals surface area contributed by atoms with Gasteiger partial charge in [-0.25, -0.2) is 4.98 Å². The molecule has 2 aromatic carbocycles. The topological polar surface area (TPSA) is 109 Å². The van der Waals surface area contributed by atoms with Crippen LogP contribution < -0.4 is 11.1 Å². The van der Waals surface area contributed by atoms with Crippen molar-refractivity contribution in [2.75, 3.05) is 17.7 Å². The second kappa shape index (κ2) is 11.3. The molecule has 0 aliphatic carbocycles. The lowest BCUT2D eigenvalue weighted by molar-refractivity contribution is -0.0383. The summed E-state index contributed by atoms with van der Waals surface area (Å²) in [7, 11) is -4.06. The fraction of sp³-hybridized carbons (Fsp3) is 0.531. The summed E-state index contributed by atoms with van der Waals surface area (Å²) in [6, 6.07) is 14.4. The Morgan fingerprint density at radius 1 is 0.953 bits per heavy atom. The molecule has 1 saturated heterocycles. The fourth-order valence-corrected chi connectivity index (χ4v) is 7.21. The zero-order valence-corrected chi connectivity index (χ0v) is 29.4. The van der Waals surface area contributed by atoms with Crippen LogP contribution in [0.15, 0.2) is 48.8 Å². The number of nitrogens with zero attached hydrogens (tertiary/aromatic N) is 4. The van der Waals surface area contributed by atoms with Crippen LogP contribution >= 0.6 is 0 Å². The standard InChI is InChI=1S/C32H48N6O3Si2/c1-31(2,3)42(7,8)39-19-25-24(41-43(9,10)32(4,5)6)18-26(40-25)38-20-34-27-28(36-30(33)37-29(27)38)35-23-16-15-21-13-11-12-14-22(21)17-23/h11-17,20,24-26H,18-19H2,1-10H3,(H3,33,35,36,37)/t24-,25+,26+/m0/s1. The monoisotopic (exact) mass is 620 g/mol. The van der Waals surface area contributed by atoms with Crippen LogP contribution in [0.3, 0.4) is 0 Å². The first-order valence-electron chi connectivity index (χ1n) is 15.2. The Morgan fingerprint density at radius 2 is 1.63 bits per heavy atom. The summed E-state index contributed by atoms with van der Waals surface area (Å²) in [5.41, 5.74) is 8.39. The van der Waals surface area contributed by atoms with E-state index in [9.17, 15) is 0 Å². The first-order chi connectivity index (χ1) is 19.9. The highest BCUT2D eigenvalue weighted by Gasteiger charge is 2.47. The molecule has 1 aliphatic rings. The van der Waals surface area contributed by atoms with Gasteiger partial charge in [-0.1, -0.05) is 71.9 Å². The Hall–Kier alpha value is -2.84. The molecule has 0 radical (unpaired) electrons. The maximum Gasteiger partial charge on any atom is 0.224 e. The summed E-state index contributed by atoms with van der Waals surface area (Å²) in [6.07, 6.45) is 1.80. The zero-order chi connectivity index (χ0) is 31.4. The Kier molecular flexibility index (Phi) is 8.27. The highest BCUT2D eigenvalue weighted by molar-refractivity contribution is 6.74. The molecule has 0 amide bonds. The number of hydrogen-bond donors (Lipinski definition) is 2. The van der Waals surface area contributed by atoms with E-state index in [1.54, 1.807) is 6.33 Å². The smallest absolute Gasteiger partial charge is 0.224 e. The molecular weight excluding hydrogens is 573 g/mol. The van der Waals surface area contributed by atoms with Crippen molar-refractivity contribution in [1.29, 1.82) is 0 Å². The SMILES string of the molecule is CC(C)(C)[Si](C)(C)OC[C@H]1O[C@@H](n2cnc3c(Nc4ccc5ccccc5c4)nc(N)nc32)C[C@@H]1O[Si](C)(C)C(C)(C)C. The van der Waals surface area contributed by atoms with Gasteiger partial charge >= 0.3 is 0 Å². The molecule has 0 bridgehead atoms. The predicted molar refractivity (Wildman–Crippen MR) is 181 cm³/mol. The molecule has 0 spiro atoms. The molecule has 9 nitrogen and oxygen atoms in total. The van der Waals surface area contributed by atoms with Crippen LogP contribution in [0.2, 0.25) is 36.3 Å². The first kappa shape index (κ1) is 31.6. The van der Waals surface area contributed by atoms with Gasteiger partial charge in [-0.15, -0.1) is 0 Å². The number of imidazole rings is 1. The molecule has 3 heterocycles. The molecule has 3 atom stereocenters. The first-order valence-corrected chi connectivity index (χ1v) is 21.0. The Labute approximate surface area is 257 Å². The number of hydrogen-bond acceptors (Lipinski definition) is 8. The fourth-order valence-electron chi connectivity index (χ4n) is 4.84. The van der Waals surface area contributed by atoms with Gasteiger partial charge in [0.25, 0.3) is 0 Å². The lowest BCUT2D eigenvalue weighted by Gasteiger charge is -2.40. The van der Waals surface area contributed by atoms with Gasteiger partial charge in [-0.2, -0.15) is 9.97 Å². The maximum absolute atomic E-state index is 6.97. The Morgan fingerprint density at radius 3 is 2.30 bits per heavy atom. The largest absolute Gasteiger partial charge is 0.414 e. The number of benzene rings is 2. The highest BCUT2D eigenvalue weighted by Crippen LogP contribution is 2.43. The van der Waals surface area contributed by atoms with E-state index in [-0.39, 0.29) is 34.5 Å². The molecule has 1 fully saturated rings. The summed E-state index contributed by atoms with van der Waals surface area (Å²) in [5.74, 6) is 0.726. The van der Waals surface area contributed by atoms with E-state index < -0.39 is 16.6 Å². The van der Waals surface area contributed by atoms with Gasteiger partial charge in [-0.3, -0.25) is 4.57 Å². The molecule has 4 aromatic rings. The second-order valence-electron chi connectivity index (χ2n) is 14.8. The molecule has 5 rings (SSSR count). The van der Waals surface area contributed by atoms with Gasteiger partial charge in [0.1, 0.15) is 12.3 Å². The van der Waals surface area contributed by atoms with Crippen molar-refractivity contribution in [3.8, 4) is 0 Å². The van der Waals surface area contributed by atoms with Crippen LogP contribution in [0.1, 0.15) is 54.2 Å². The van der Waals surface area contributed by atoms with Crippen molar-refractivity contribution in [3.05, 3.63) is 48.8 Å². The summed E-state index contributed by atoms with van der Waals surface area (Å²) < 4.78 is 22.3. The minimum Gasteiger partial charge on any atom is -0.414 e. The lowest BCUT2D eigenvalue weighted by Crippen LogP contribution is -2.48. The number of nitrogens with two attached hydrogens (primary N) is 1. The van der Waals surface area contributed by atoms with Crippen LogP contribution in [-0.2, 0) is 13.6 Å². The molecule has 0 saturated carbocycles. The van der Waals surface area contributed by atoms with Crippen LogP contribution in [0, 0.1) is 0 Å².